The van der Waals surface area contributed by atoms with Crippen LogP contribution in [-0.2, 0) is 9.59 Å². The molecule has 0 radical (unpaired) electrons. The summed E-state index contributed by atoms with van der Waals surface area (Å²) >= 11 is 0. The lowest BCUT2D eigenvalue weighted by Gasteiger charge is -2.16. The maximum absolute atomic E-state index is 10.3. The van der Waals surface area contributed by atoms with E-state index in [1.165, 1.54) is 0 Å². The number of carbonyl (C=O) groups is 2. The van der Waals surface area contributed by atoms with E-state index < -0.39 is 0 Å². The molecule has 0 aromatic heterocycles. The van der Waals surface area contributed by atoms with Crippen molar-refractivity contribution >= 4 is 12.7 Å². The van der Waals surface area contributed by atoms with E-state index in [4.69, 9.17) is 0 Å². The van der Waals surface area contributed by atoms with E-state index in [2.05, 4.69) is 17.1 Å². The van der Waals surface area contributed by atoms with Crippen LogP contribution in [0.3, 0.4) is 0 Å². The monoisotopic (exact) mass is 200 g/mol. The quantitative estimate of drug-likeness (QED) is 0.411. The molecule has 0 unspecified atom stereocenters. The highest BCUT2D eigenvalue weighted by Gasteiger charge is 1.99. The van der Waals surface area contributed by atoms with Crippen LogP contribution in [0.4, 0.5) is 0 Å². The first-order chi connectivity index (χ1) is 6.85. The van der Waals surface area contributed by atoms with Gasteiger partial charge in [0.1, 0.15) is 6.29 Å². The van der Waals surface area contributed by atoms with Crippen LogP contribution in [-0.4, -0.2) is 43.8 Å². The zero-order valence-electron chi connectivity index (χ0n) is 8.87. The normalized spacial score (nSPS) is 10.1. The Kier molecular flexibility index (Phi) is 9.53. The summed E-state index contributed by atoms with van der Waals surface area (Å²) in [6.07, 6.45) is 4.86. The van der Waals surface area contributed by atoms with Gasteiger partial charge in [-0.25, -0.2) is 0 Å². The largest absolute Gasteiger partial charge is 0.359 e. The minimum absolute atomic E-state index is 0.531. The van der Waals surface area contributed by atoms with Gasteiger partial charge in [-0.1, -0.05) is 13.3 Å². The Hall–Kier alpha value is -0.900. The number of hydrogen-bond acceptors (Lipinski definition) is 3. The predicted octanol–water partition coefficient (Wildman–Crippen LogP) is 0.424. The predicted molar refractivity (Wildman–Crippen MR) is 56.1 cm³/mol. The van der Waals surface area contributed by atoms with E-state index in [0.717, 1.165) is 51.6 Å². The van der Waals surface area contributed by atoms with Crippen molar-refractivity contribution in [2.45, 2.75) is 26.2 Å². The van der Waals surface area contributed by atoms with E-state index in [-0.39, 0.29) is 0 Å². The Morgan fingerprint density at radius 3 is 2.57 bits per heavy atom. The first kappa shape index (κ1) is 13.1. The molecule has 0 aromatic rings. The van der Waals surface area contributed by atoms with Crippen molar-refractivity contribution in [2.75, 3.05) is 26.2 Å². The highest BCUT2D eigenvalue weighted by molar-refractivity contribution is 5.51. The molecule has 0 aliphatic rings. The molecule has 1 amide bonds. The zero-order chi connectivity index (χ0) is 10.6. The summed E-state index contributed by atoms with van der Waals surface area (Å²) in [5, 5.41) is 2.63. The Labute approximate surface area is 85.7 Å². The minimum atomic E-state index is 0.531. The van der Waals surface area contributed by atoms with E-state index in [9.17, 15) is 9.59 Å². The SMILES string of the molecule is CCN(CC=O)CCCCCNC=O. The fourth-order valence-electron chi connectivity index (χ4n) is 1.28. The van der Waals surface area contributed by atoms with Gasteiger partial charge in [0.15, 0.2) is 0 Å². The number of aldehydes is 1. The van der Waals surface area contributed by atoms with Gasteiger partial charge >= 0.3 is 0 Å². The van der Waals surface area contributed by atoms with Crippen LogP contribution in [0.25, 0.3) is 0 Å². The average molecular weight is 200 g/mol. The molecule has 1 N–H and O–H groups in total. The molecule has 0 spiro atoms. The van der Waals surface area contributed by atoms with Crippen molar-refractivity contribution in [3.8, 4) is 0 Å². The van der Waals surface area contributed by atoms with Crippen molar-refractivity contribution in [1.29, 1.82) is 0 Å². The molecule has 0 aliphatic carbocycles. The van der Waals surface area contributed by atoms with Gasteiger partial charge in [0, 0.05) is 6.54 Å². The second-order valence-corrected chi connectivity index (χ2v) is 3.19. The van der Waals surface area contributed by atoms with Crippen molar-refractivity contribution in [3.63, 3.8) is 0 Å². The Morgan fingerprint density at radius 2 is 2.00 bits per heavy atom. The van der Waals surface area contributed by atoms with Crippen LogP contribution >= 0.6 is 0 Å². The summed E-state index contributed by atoms with van der Waals surface area (Å²) in [7, 11) is 0. The molecular formula is C10H20N2O2. The molecule has 0 heterocycles. The molecular weight excluding hydrogens is 180 g/mol. The number of rotatable bonds is 10. The summed E-state index contributed by atoms with van der Waals surface area (Å²) in [4.78, 5) is 22.3. The van der Waals surface area contributed by atoms with Gasteiger partial charge in [0.25, 0.3) is 0 Å². The van der Waals surface area contributed by atoms with E-state index in [0.29, 0.717) is 6.54 Å². The highest BCUT2D eigenvalue weighted by atomic mass is 16.1. The number of hydrogen-bond donors (Lipinski definition) is 1. The van der Waals surface area contributed by atoms with Crippen LogP contribution < -0.4 is 5.32 Å². The summed E-state index contributed by atoms with van der Waals surface area (Å²) in [6.45, 7) is 5.23. The van der Waals surface area contributed by atoms with Crippen LogP contribution in [0.15, 0.2) is 0 Å². The molecule has 0 saturated carbocycles. The number of amides is 1. The minimum Gasteiger partial charge on any atom is -0.359 e. The van der Waals surface area contributed by atoms with E-state index in [1.807, 2.05) is 0 Å². The molecule has 0 fully saturated rings. The summed E-state index contributed by atoms with van der Waals surface area (Å²) in [6, 6.07) is 0. The second-order valence-electron chi connectivity index (χ2n) is 3.19. The average Bonchev–Trinajstić information content (AvgIpc) is 2.21. The van der Waals surface area contributed by atoms with Crippen molar-refractivity contribution in [1.82, 2.24) is 10.2 Å². The first-order valence-corrected chi connectivity index (χ1v) is 5.18. The molecule has 0 atom stereocenters. The summed E-state index contributed by atoms with van der Waals surface area (Å²) in [5.74, 6) is 0. The number of likely N-dealkylation sites (N-methyl/N-ethyl adjacent to an activating group) is 1. The van der Waals surface area contributed by atoms with Gasteiger partial charge in [0.05, 0.1) is 6.54 Å². The molecule has 4 heteroatoms. The fourth-order valence-corrected chi connectivity index (χ4v) is 1.28. The van der Waals surface area contributed by atoms with E-state index in [1.54, 1.807) is 0 Å². The number of nitrogens with zero attached hydrogens (tertiary/aromatic N) is 1. The number of nitrogens with one attached hydrogen (secondary N) is 1. The summed E-state index contributed by atoms with van der Waals surface area (Å²) < 4.78 is 0. The van der Waals surface area contributed by atoms with Crippen LogP contribution in [0.2, 0.25) is 0 Å². The third-order valence-electron chi connectivity index (χ3n) is 2.16. The molecule has 82 valence electrons. The smallest absolute Gasteiger partial charge is 0.207 e. The zero-order valence-corrected chi connectivity index (χ0v) is 8.87. The van der Waals surface area contributed by atoms with E-state index >= 15 is 0 Å². The molecule has 0 aromatic carbocycles. The van der Waals surface area contributed by atoms with Crippen LogP contribution in [0.1, 0.15) is 26.2 Å². The fraction of sp³-hybridized carbons (Fsp3) is 0.800. The van der Waals surface area contributed by atoms with Gasteiger partial charge in [0.2, 0.25) is 6.41 Å². The maximum Gasteiger partial charge on any atom is 0.207 e. The lowest BCUT2D eigenvalue weighted by molar-refractivity contribution is -0.110. The lowest BCUT2D eigenvalue weighted by Crippen LogP contribution is -2.26. The maximum atomic E-state index is 10.3. The second kappa shape index (κ2) is 10.2. The van der Waals surface area contributed by atoms with Crippen molar-refractivity contribution in [3.05, 3.63) is 0 Å². The van der Waals surface area contributed by atoms with Crippen molar-refractivity contribution < 1.29 is 9.59 Å². The molecule has 14 heavy (non-hydrogen) atoms. The molecule has 4 nitrogen and oxygen atoms in total. The number of unbranched alkanes of at least 4 members (excludes halogenated alkanes) is 2. The Bertz CT molecular complexity index is 151. The van der Waals surface area contributed by atoms with Crippen LogP contribution in [0.5, 0.6) is 0 Å². The third-order valence-corrected chi connectivity index (χ3v) is 2.16. The standard InChI is InChI=1S/C10H20N2O2/c1-2-12(8-9-13)7-5-3-4-6-11-10-14/h9-10H,2-8H2,1H3,(H,11,14). The topological polar surface area (TPSA) is 49.4 Å². The highest BCUT2D eigenvalue weighted by Crippen LogP contribution is 1.97. The Morgan fingerprint density at radius 1 is 1.21 bits per heavy atom. The van der Waals surface area contributed by atoms with Gasteiger partial charge in [-0.2, -0.15) is 0 Å². The van der Waals surface area contributed by atoms with Gasteiger partial charge < -0.3 is 10.1 Å². The van der Waals surface area contributed by atoms with Crippen LogP contribution in [0, 0.1) is 0 Å². The third kappa shape index (κ3) is 7.73. The lowest BCUT2D eigenvalue weighted by atomic mass is 10.2. The Balaban J connectivity index is 3.23. The van der Waals surface area contributed by atoms with Gasteiger partial charge in [-0.3, -0.25) is 9.69 Å². The molecule has 0 rings (SSSR count). The molecule has 0 bridgehead atoms. The van der Waals surface area contributed by atoms with Crippen molar-refractivity contribution in [2.24, 2.45) is 0 Å². The van der Waals surface area contributed by atoms with Gasteiger partial charge in [-0.15, -0.1) is 0 Å². The first-order valence-electron chi connectivity index (χ1n) is 5.18. The molecule has 0 aliphatic heterocycles. The number of carbonyl (C=O) groups excluding carboxylic acids is 2. The van der Waals surface area contributed by atoms with Gasteiger partial charge in [-0.05, 0) is 25.9 Å². The molecule has 0 saturated heterocycles. The summed E-state index contributed by atoms with van der Waals surface area (Å²) in [5.41, 5.74) is 0.